The summed E-state index contributed by atoms with van der Waals surface area (Å²) in [5, 5.41) is 3.31. The third-order valence-corrected chi connectivity index (χ3v) is 3.04. The van der Waals surface area contributed by atoms with Gasteiger partial charge >= 0.3 is 0 Å². The number of hydrogen-bond donors (Lipinski definition) is 2. The molecule has 0 radical (unpaired) electrons. The Kier molecular flexibility index (Phi) is 4.15. The van der Waals surface area contributed by atoms with E-state index in [-0.39, 0.29) is 0 Å². The van der Waals surface area contributed by atoms with Gasteiger partial charge in [0.2, 0.25) is 10.0 Å². The molecule has 1 heterocycles. The highest BCUT2D eigenvalue weighted by atomic mass is 32.2. The van der Waals surface area contributed by atoms with Gasteiger partial charge in [-0.3, -0.25) is 0 Å². The van der Waals surface area contributed by atoms with Crippen molar-refractivity contribution in [3.63, 3.8) is 0 Å². The Morgan fingerprint density at radius 2 is 2.31 bits per heavy atom. The van der Waals surface area contributed by atoms with Gasteiger partial charge in [0.1, 0.15) is 0 Å². The van der Waals surface area contributed by atoms with Gasteiger partial charge in [-0.25, -0.2) is 13.1 Å². The molecule has 13 heavy (non-hydrogen) atoms. The van der Waals surface area contributed by atoms with Gasteiger partial charge in [0.25, 0.3) is 0 Å². The van der Waals surface area contributed by atoms with Gasteiger partial charge in [0.05, 0.1) is 6.26 Å². The molecule has 0 amide bonds. The van der Waals surface area contributed by atoms with Crippen LogP contribution in [0.4, 0.5) is 0 Å². The molecule has 78 valence electrons. The molecule has 2 N–H and O–H groups in total. The van der Waals surface area contributed by atoms with Crippen molar-refractivity contribution in [3.8, 4) is 0 Å². The number of nitrogens with one attached hydrogen (secondary N) is 2. The summed E-state index contributed by atoms with van der Waals surface area (Å²) in [5.41, 5.74) is 0. The fraction of sp³-hybridized carbons (Fsp3) is 1.00. The summed E-state index contributed by atoms with van der Waals surface area (Å²) in [6, 6.07) is 0. The maximum Gasteiger partial charge on any atom is 0.208 e. The largest absolute Gasteiger partial charge is 0.316 e. The highest BCUT2D eigenvalue weighted by Gasteiger charge is 2.12. The number of hydrogen-bond acceptors (Lipinski definition) is 3. The molecule has 1 aliphatic heterocycles. The zero-order chi connectivity index (χ0) is 9.73. The molecule has 1 atom stereocenters. The zero-order valence-corrected chi connectivity index (χ0v) is 8.86. The average Bonchev–Trinajstić information content (AvgIpc) is 2.04. The van der Waals surface area contributed by atoms with Crippen molar-refractivity contribution in [1.29, 1.82) is 0 Å². The van der Waals surface area contributed by atoms with E-state index in [0.717, 1.165) is 19.5 Å². The second-order valence-electron chi connectivity index (χ2n) is 3.67. The summed E-state index contributed by atoms with van der Waals surface area (Å²) in [6.45, 7) is 2.71. The SMILES string of the molecule is CS(=O)(=O)NCCC1CCCNC1. The van der Waals surface area contributed by atoms with Crippen LogP contribution in [0.25, 0.3) is 0 Å². The monoisotopic (exact) mass is 206 g/mol. The van der Waals surface area contributed by atoms with Crippen LogP contribution >= 0.6 is 0 Å². The molecular weight excluding hydrogens is 188 g/mol. The first kappa shape index (κ1) is 10.9. The van der Waals surface area contributed by atoms with E-state index >= 15 is 0 Å². The van der Waals surface area contributed by atoms with E-state index in [1.54, 1.807) is 0 Å². The van der Waals surface area contributed by atoms with Crippen molar-refractivity contribution in [2.24, 2.45) is 5.92 Å². The van der Waals surface area contributed by atoms with E-state index in [1.165, 1.54) is 19.1 Å². The van der Waals surface area contributed by atoms with Crippen LogP contribution in [0.3, 0.4) is 0 Å². The van der Waals surface area contributed by atoms with Crippen LogP contribution in [-0.2, 0) is 10.0 Å². The Hall–Kier alpha value is -0.130. The van der Waals surface area contributed by atoms with E-state index < -0.39 is 10.0 Å². The fourth-order valence-electron chi connectivity index (χ4n) is 1.62. The van der Waals surface area contributed by atoms with Gasteiger partial charge in [-0.15, -0.1) is 0 Å². The van der Waals surface area contributed by atoms with E-state index in [0.29, 0.717) is 12.5 Å². The van der Waals surface area contributed by atoms with Crippen LogP contribution in [0.2, 0.25) is 0 Å². The summed E-state index contributed by atoms with van der Waals surface area (Å²) in [6.07, 6.45) is 4.58. The molecule has 0 aromatic rings. The molecule has 0 aromatic carbocycles. The quantitative estimate of drug-likeness (QED) is 0.677. The van der Waals surface area contributed by atoms with Gasteiger partial charge < -0.3 is 5.32 Å². The van der Waals surface area contributed by atoms with Crippen LogP contribution in [0, 0.1) is 5.92 Å². The Morgan fingerprint density at radius 1 is 1.54 bits per heavy atom. The molecule has 0 aromatic heterocycles. The highest BCUT2D eigenvalue weighted by Crippen LogP contribution is 2.12. The molecule has 1 rings (SSSR count). The van der Waals surface area contributed by atoms with Crippen LogP contribution in [0.5, 0.6) is 0 Å². The highest BCUT2D eigenvalue weighted by molar-refractivity contribution is 7.88. The van der Waals surface area contributed by atoms with Gasteiger partial charge in [0.15, 0.2) is 0 Å². The zero-order valence-electron chi connectivity index (χ0n) is 8.04. The lowest BCUT2D eigenvalue weighted by atomic mass is 9.96. The average molecular weight is 206 g/mol. The first-order valence-electron chi connectivity index (χ1n) is 4.73. The van der Waals surface area contributed by atoms with Crippen LogP contribution in [0.15, 0.2) is 0 Å². The number of rotatable bonds is 4. The Bertz CT molecular complexity index is 233. The lowest BCUT2D eigenvalue weighted by Crippen LogP contribution is -2.32. The van der Waals surface area contributed by atoms with Gasteiger partial charge in [0, 0.05) is 6.54 Å². The molecule has 4 nitrogen and oxygen atoms in total. The van der Waals surface area contributed by atoms with Crippen LogP contribution < -0.4 is 10.0 Å². The van der Waals surface area contributed by atoms with Crippen molar-refractivity contribution < 1.29 is 8.42 Å². The fourth-order valence-corrected chi connectivity index (χ4v) is 2.11. The van der Waals surface area contributed by atoms with Crippen molar-refractivity contribution in [1.82, 2.24) is 10.0 Å². The van der Waals surface area contributed by atoms with Crippen molar-refractivity contribution >= 4 is 10.0 Å². The topological polar surface area (TPSA) is 58.2 Å². The molecule has 1 fully saturated rings. The van der Waals surface area contributed by atoms with Crippen LogP contribution in [0.1, 0.15) is 19.3 Å². The molecule has 1 aliphatic rings. The first-order valence-corrected chi connectivity index (χ1v) is 6.62. The standard InChI is InChI=1S/C8H18N2O2S/c1-13(11,12)10-6-4-8-3-2-5-9-7-8/h8-10H,2-7H2,1H3. The van der Waals surface area contributed by atoms with Crippen molar-refractivity contribution in [3.05, 3.63) is 0 Å². The molecule has 1 unspecified atom stereocenters. The predicted molar refractivity (Wildman–Crippen MR) is 53.1 cm³/mol. The molecular formula is C8H18N2O2S. The number of piperidine rings is 1. The molecule has 0 bridgehead atoms. The summed E-state index contributed by atoms with van der Waals surface area (Å²) in [4.78, 5) is 0. The summed E-state index contributed by atoms with van der Waals surface area (Å²) in [5.74, 6) is 0.642. The smallest absolute Gasteiger partial charge is 0.208 e. The first-order chi connectivity index (χ1) is 6.08. The maximum atomic E-state index is 10.7. The second-order valence-corrected chi connectivity index (χ2v) is 5.50. The Balaban J connectivity index is 2.11. The van der Waals surface area contributed by atoms with E-state index in [2.05, 4.69) is 10.0 Å². The normalized spacial score (nSPS) is 24.5. The molecule has 0 spiro atoms. The number of sulfonamides is 1. The van der Waals surface area contributed by atoms with E-state index in [9.17, 15) is 8.42 Å². The lowest BCUT2D eigenvalue weighted by Gasteiger charge is -2.22. The molecule has 1 saturated heterocycles. The molecule has 0 saturated carbocycles. The van der Waals surface area contributed by atoms with Crippen molar-refractivity contribution in [2.75, 3.05) is 25.9 Å². The van der Waals surface area contributed by atoms with Crippen molar-refractivity contribution in [2.45, 2.75) is 19.3 Å². The minimum absolute atomic E-state index is 0.575. The maximum absolute atomic E-state index is 10.7. The van der Waals surface area contributed by atoms with E-state index in [4.69, 9.17) is 0 Å². The molecule has 0 aliphatic carbocycles. The summed E-state index contributed by atoms with van der Waals surface area (Å²) < 4.78 is 24.0. The lowest BCUT2D eigenvalue weighted by molar-refractivity contribution is 0.358. The Labute approximate surface area is 80.1 Å². The van der Waals surface area contributed by atoms with E-state index in [1.807, 2.05) is 0 Å². The molecule has 5 heteroatoms. The Morgan fingerprint density at radius 3 is 2.85 bits per heavy atom. The minimum atomic E-state index is -3.00. The summed E-state index contributed by atoms with van der Waals surface area (Å²) >= 11 is 0. The predicted octanol–water partition coefficient (Wildman–Crippen LogP) is -0.0747. The third kappa shape index (κ3) is 5.23. The minimum Gasteiger partial charge on any atom is -0.316 e. The van der Waals surface area contributed by atoms with Gasteiger partial charge in [-0.1, -0.05) is 0 Å². The third-order valence-electron chi connectivity index (χ3n) is 2.32. The van der Waals surface area contributed by atoms with Gasteiger partial charge in [-0.05, 0) is 38.3 Å². The second kappa shape index (κ2) is 4.93. The summed E-state index contributed by atoms with van der Waals surface area (Å²) in [7, 11) is -3.00. The van der Waals surface area contributed by atoms with Gasteiger partial charge in [-0.2, -0.15) is 0 Å². The van der Waals surface area contributed by atoms with Crippen LogP contribution in [-0.4, -0.2) is 34.3 Å².